The van der Waals surface area contributed by atoms with Crippen LogP contribution < -0.4 is 10.1 Å². The van der Waals surface area contributed by atoms with E-state index in [2.05, 4.69) is 5.32 Å². The van der Waals surface area contributed by atoms with Gasteiger partial charge in [-0.15, -0.1) is 0 Å². The summed E-state index contributed by atoms with van der Waals surface area (Å²) in [5.74, 6) is 0.281. The number of hydrogen-bond donors (Lipinski definition) is 1. The summed E-state index contributed by atoms with van der Waals surface area (Å²) in [5, 5.41) is 2.79. The zero-order chi connectivity index (χ0) is 18.9. The zero-order valence-corrected chi connectivity index (χ0v) is 15.4. The number of amides is 2. The third-order valence-electron chi connectivity index (χ3n) is 4.02. The van der Waals surface area contributed by atoms with Gasteiger partial charge in [-0.3, -0.25) is 9.59 Å². The summed E-state index contributed by atoms with van der Waals surface area (Å²) in [6.07, 6.45) is 3.11. The lowest BCUT2D eigenvalue weighted by Crippen LogP contribution is -2.31. The Labute approximate surface area is 154 Å². The third-order valence-corrected chi connectivity index (χ3v) is 4.02. The summed E-state index contributed by atoms with van der Waals surface area (Å²) in [4.78, 5) is 26.6. The smallest absolute Gasteiger partial charge is 0.255 e. The molecule has 1 N–H and O–H groups in total. The van der Waals surface area contributed by atoms with Crippen LogP contribution in [0.5, 0.6) is 5.75 Å². The van der Waals surface area contributed by atoms with Crippen molar-refractivity contribution in [1.82, 2.24) is 4.90 Å². The minimum absolute atomic E-state index is 0.0976. The molecule has 26 heavy (non-hydrogen) atoms. The maximum atomic E-state index is 12.6. The van der Waals surface area contributed by atoms with Gasteiger partial charge in [0.15, 0.2) is 0 Å². The summed E-state index contributed by atoms with van der Waals surface area (Å²) in [6.45, 7) is 5.09. The highest BCUT2D eigenvalue weighted by atomic mass is 16.5. The van der Waals surface area contributed by atoms with Crippen molar-refractivity contribution in [3.05, 3.63) is 65.7 Å². The van der Waals surface area contributed by atoms with Crippen LogP contribution >= 0.6 is 0 Å². The first kappa shape index (κ1) is 19.2. The fourth-order valence-corrected chi connectivity index (χ4v) is 2.60. The summed E-state index contributed by atoms with van der Waals surface area (Å²) >= 11 is 0. The number of nitrogens with zero attached hydrogens (tertiary/aromatic N) is 1. The van der Waals surface area contributed by atoms with Gasteiger partial charge in [-0.2, -0.15) is 0 Å². The van der Waals surface area contributed by atoms with Crippen LogP contribution in [0.3, 0.4) is 0 Å². The van der Waals surface area contributed by atoms with E-state index in [9.17, 15) is 9.59 Å². The van der Waals surface area contributed by atoms with Gasteiger partial charge in [0.25, 0.3) is 5.91 Å². The molecule has 5 nitrogen and oxygen atoms in total. The predicted octanol–water partition coefficient (Wildman–Crippen LogP) is 3.83. The number of benzene rings is 2. The Bertz CT molecular complexity index is 795. The summed E-state index contributed by atoms with van der Waals surface area (Å²) in [6, 6.07) is 14.5. The molecule has 2 aromatic rings. The Morgan fingerprint density at radius 3 is 2.38 bits per heavy atom. The Morgan fingerprint density at radius 1 is 1.04 bits per heavy atom. The molecule has 0 bridgehead atoms. The molecule has 0 spiro atoms. The normalized spacial score (nSPS) is 10.6. The Balaban J connectivity index is 2.17. The van der Waals surface area contributed by atoms with Gasteiger partial charge in [-0.1, -0.05) is 30.3 Å². The van der Waals surface area contributed by atoms with Gasteiger partial charge >= 0.3 is 0 Å². The molecule has 0 atom stereocenters. The van der Waals surface area contributed by atoms with E-state index in [1.54, 1.807) is 42.4 Å². The molecule has 0 fully saturated rings. The molecule has 0 heterocycles. The molecular weight excluding hydrogens is 328 g/mol. The highest BCUT2D eigenvalue weighted by molar-refractivity contribution is 6.07. The number of rotatable bonds is 7. The molecule has 5 heteroatoms. The van der Waals surface area contributed by atoms with Crippen LogP contribution in [0, 0.1) is 0 Å². The minimum atomic E-state index is -0.310. The van der Waals surface area contributed by atoms with Crippen molar-refractivity contribution in [2.24, 2.45) is 0 Å². The molecule has 136 valence electrons. The van der Waals surface area contributed by atoms with Crippen LogP contribution in [0.25, 0.3) is 6.08 Å². The van der Waals surface area contributed by atoms with E-state index >= 15 is 0 Å². The highest BCUT2D eigenvalue weighted by Crippen LogP contribution is 2.20. The van der Waals surface area contributed by atoms with E-state index in [0.717, 1.165) is 5.56 Å². The van der Waals surface area contributed by atoms with Crippen LogP contribution in [-0.4, -0.2) is 36.9 Å². The van der Waals surface area contributed by atoms with Crippen LogP contribution in [0.1, 0.15) is 29.8 Å². The summed E-state index contributed by atoms with van der Waals surface area (Å²) < 4.78 is 5.26. The fraction of sp³-hybridized carbons (Fsp3) is 0.238. The standard InChI is InChI=1S/C21H24N2O3/c1-4-23(5-2)21(25)17-11-7-8-12-18(17)22-20(24)15-14-16-10-6-9-13-19(16)26-3/h6-15H,4-5H2,1-3H3,(H,22,24)/b15-14+. The molecule has 0 aliphatic heterocycles. The zero-order valence-electron chi connectivity index (χ0n) is 15.4. The van der Waals surface area contributed by atoms with Crippen molar-refractivity contribution >= 4 is 23.6 Å². The van der Waals surface area contributed by atoms with E-state index in [1.807, 2.05) is 38.1 Å². The summed E-state index contributed by atoms with van der Waals surface area (Å²) in [5.41, 5.74) is 1.78. The fourth-order valence-electron chi connectivity index (χ4n) is 2.60. The first-order valence-corrected chi connectivity index (χ1v) is 8.61. The Kier molecular flexibility index (Phi) is 6.97. The van der Waals surface area contributed by atoms with Gasteiger partial charge in [-0.05, 0) is 38.1 Å². The number of carbonyl (C=O) groups excluding carboxylic acids is 2. The molecule has 2 amide bonds. The largest absolute Gasteiger partial charge is 0.496 e. The average molecular weight is 352 g/mol. The Hall–Kier alpha value is -3.08. The van der Waals surface area contributed by atoms with Crippen molar-refractivity contribution in [3.8, 4) is 5.75 Å². The maximum absolute atomic E-state index is 12.6. The van der Waals surface area contributed by atoms with E-state index in [-0.39, 0.29) is 11.8 Å². The molecule has 0 aliphatic rings. The van der Waals surface area contributed by atoms with Crippen molar-refractivity contribution in [2.75, 3.05) is 25.5 Å². The second kappa shape index (κ2) is 9.42. The lowest BCUT2D eigenvalue weighted by molar-refractivity contribution is -0.111. The quantitative estimate of drug-likeness (QED) is 0.771. The minimum Gasteiger partial charge on any atom is -0.496 e. The third kappa shape index (κ3) is 4.72. The van der Waals surface area contributed by atoms with E-state index in [1.165, 1.54) is 6.08 Å². The molecule has 0 radical (unpaired) electrons. The molecule has 0 saturated carbocycles. The second-order valence-corrected chi connectivity index (χ2v) is 5.59. The van der Waals surface area contributed by atoms with Crippen molar-refractivity contribution < 1.29 is 14.3 Å². The molecule has 0 aromatic heterocycles. The van der Waals surface area contributed by atoms with E-state index in [4.69, 9.17) is 4.74 Å². The highest BCUT2D eigenvalue weighted by Gasteiger charge is 2.16. The Morgan fingerprint density at radius 2 is 1.69 bits per heavy atom. The van der Waals surface area contributed by atoms with Gasteiger partial charge in [0.1, 0.15) is 5.75 Å². The first-order chi connectivity index (χ1) is 12.6. The van der Waals surface area contributed by atoms with Crippen molar-refractivity contribution in [1.29, 1.82) is 0 Å². The molecule has 2 rings (SSSR count). The number of ether oxygens (including phenoxy) is 1. The number of nitrogens with one attached hydrogen (secondary N) is 1. The van der Waals surface area contributed by atoms with E-state index < -0.39 is 0 Å². The van der Waals surface area contributed by atoms with Gasteiger partial charge in [0.2, 0.25) is 5.91 Å². The lowest BCUT2D eigenvalue weighted by Gasteiger charge is -2.20. The molecule has 2 aromatic carbocycles. The van der Waals surface area contributed by atoms with Gasteiger partial charge < -0.3 is 15.0 Å². The number of anilines is 1. The van der Waals surface area contributed by atoms with Crippen molar-refractivity contribution in [2.45, 2.75) is 13.8 Å². The molecular formula is C21H24N2O3. The van der Waals surface area contributed by atoms with Gasteiger partial charge in [-0.25, -0.2) is 0 Å². The number of para-hydroxylation sites is 2. The van der Waals surface area contributed by atoms with E-state index in [0.29, 0.717) is 30.1 Å². The van der Waals surface area contributed by atoms with Gasteiger partial charge in [0, 0.05) is 24.7 Å². The van der Waals surface area contributed by atoms with Crippen LogP contribution in [0.15, 0.2) is 54.6 Å². The topological polar surface area (TPSA) is 58.6 Å². The first-order valence-electron chi connectivity index (χ1n) is 8.61. The van der Waals surface area contributed by atoms with Crippen LogP contribution in [-0.2, 0) is 4.79 Å². The van der Waals surface area contributed by atoms with Gasteiger partial charge in [0.05, 0.1) is 18.4 Å². The summed E-state index contributed by atoms with van der Waals surface area (Å²) in [7, 11) is 1.59. The molecule has 0 aliphatic carbocycles. The molecule has 0 saturated heterocycles. The SMILES string of the molecule is CCN(CC)C(=O)c1ccccc1NC(=O)/C=C/c1ccccc1OC. The van der Waals surface area contributed by atoms with Crippen LogP contribution in [0.2, 0.25) is 0 Å². The number of carbonyl (C=O) groups is 2. The maximum Gasteiger partial charge on any atom is 0.255 e. The molecule has 0 unspecified atom stereocenters. The number of hydrogen-bond acceptors (Lipinski definition) is 3. The van der Waals surface area contributed by atoms with Crippen molar-refractivity contribution in [3.63, 3.8) is 0 Å². The van der Waals surface area contributed by atoms with Crippen LogP contribution in [0.4, 0.5) is 5.69 Å². The monoisotopic (exact) mass is 352 g/mol. The second-order valence-electron chi connectivity index (χ2n) is 5.59. The lowest BCUT2D eigenvalue weighted by atomic mass is 10.1. The average Bonchev–Trinajstić information content (AvgIpc) is 2.67. The predicted molar refractivity (Wildman–Crippen MR) is 104 cm³/mol. The number of methoxy groups -OCH3 is 1.